The molecule has 0 aliphatic carbocycles. The zero-order valence-electron chi connectivity index (χ0n) is 12.9. The van der Waals surface area contributed by atoms with Gasteiger partial charge >= 0.3 is 5.69 Å². The number of aliphatic hydroxyl groups is 2. The first kappa shape index (κ1) is 17.2. The average molecular weight is 350 g/mol. The summed E-state index contributed by atoms with van der Waals surface area (Å²) in [4.78, 5) is 38.3. The molecule has 8 nitrogen and oxygen atoms in total. The van der Waals surface area contributed by atoms with Crippen LogP contribution in [0.5, 0.6) is 0 Å². The number of rotatable bonds is 4. The van der Waals surface area contributed by atoms with Gasteiger partial charge in [0, 0.05) is 12.0 Å². The van der Waals surface area contributed by atoms with E-state index in [1.807, 2.05) is 0 Å². The summed E-state index contributed by atoms with van der Waals surface area (Å²) in [5, 5.41) is 19.4. The van der Waals surface area contributed by atoms with Crippen molar-refractivity contribution < 1.29 is 24.1 Å². The third-order valence-corrected chi connectivity index (χ3v) is 4.12. The van der Waals surface area contributed by atoms with Crippen LogP contribution in [0.15, 0.2) is 46.1 Å². The Kier molecular flexibility index (Phi) is 4.38. The highest BCUT2D eigenvalue weighted by Gasteiger charge is 2.53. The predicted octanol–water partition coefficient (Wildman–Crippen LogP) is -0.647. The molecule has 0 saturated carbocycles. The van der Waals surface area contributed by atoms with Gasteiger partial charge in [0.1, 0.15) is 6.10 Å². The largest absolute Gasteiger partial charge is 0.394 e. The summed E-state index contributed by atoms with van der Waals surface area (Å²) in [6.45, 7) is -0.606. The molecule has 2 heterocycles. The number of aromatic nitrogens is 2. The molecule has 3 N–H and O–H groups in total. The second-order valence-electron chi connectivity index (χ2n) is 5.70. The van der Waals surface area contributed by atoms with Crippen LogP contribution in [0.3, 0.4) is 0 Å². The molecule has 1 aliphatic rings. The molecule has 0 bridgehead atoms. The van der Waals surface area contributed by atoms with Crippen LogP contribution in [0.4, 0.5) is 4.39 Å². The summed E-state index contributed by atoms with van der Waals surface area (Å²) in [5.41, 5.74) is -4.23. The van der Waals surface area contributed by atoms with Gasteiger partial charge in [-0.2, -0.15) is 4.39 Å². The first-order valence-corrected chi connectivity index (χ1v) is 7.47. The number of carbonyl (C=O) groups is 1. The predicted molar refractivity (Wildman–Crippen MR) is 82.6 cm³/mol. The van der Waals surface area contributed by atoms with Crippen molar-refractivity contribution in [3.8, 4) is 0 Å². The average Bonchev–Trinajstić information content (AvgIpc) is 2.95. The lowest BCUT2D eigenvalue weighted by Gasteiger charge is -2.29. The maximum absolute atomic E-state index is 13.7. The third-order valence-electron chi connectivity index (χ3n) is 4.12. The number of aliphatic hydroxyl groups excluding tert-OH is 2. The van der Waals surface area contributed by atoms with Gasteiger partial charge in [0.2, 0.25) is 17.3 Å². The van der Waals surface area contributed by atoms with Crippen LogP contribution in [0.25, 0.3) is 0 Å². The van der Waals surface area contributed by atoms with E-state index in [2.05, 4.69) is 0 Å². The number of halogens is 1. The van der Waals surface area contributed by atoms with Crippen LogP contribution < -0.4 is 11.2 Å². The number of ether oxygens (including phenoxy) is 1. The van der Waals surface area contributed by atoms with E-state index >= 15 is 0 Å². The molecule has 132 valence electrons. The van der Waals surface area contributed by atoms with Crippen LogP contribution in [0, 0.1) is 5.82 Å². The van der Waals surface area contributed by atoms with Crippen molar-refractivity contribution in [3.05, 3.63) is 68.7 Å². The van der Waals surface area contributed by atoms with Gasteiger partial charge in [-0.05, 0) is 0 Å². The molecule has 2 aromatic rings. The minimum atomic E-state index is -2.09. The number of aromatic amines is 1. The summed E-state index contributed by atoms with van der Waals surface area (Å²) < 4.78 is 19.9. The molecule has 25 heavy (non-hydrogen) atoms. The van der Waals surface area contributed by atoms with E-state index in [0.717, 1.165) is 0 Å². The van der Waals surface area contributed by atoms with Crippen molar-refractivity contribution in [2.75, 3.05) is 6.61 Å². The molecule has 1 aliphatic heterocycles. The second kappa shape index (κ2) is 6.36. The molecule has 0 amide bonds. The van der Waals surface area contributed by atoms with E-state index in [0.29, 0.717) is 10.8 Å². The summed E-state index contributed by atoms with van der Waals surface area (Å²) in [6.07, 6.45) is -2.24. The molecule has 1 saturated heterocycles. The highest BCUT2D eigenvalue weighted by molar-refractivity contribution is 6.01. The zero-order chi connectivity index (χ0) is 18.2. The summed E-state index contributed by atoms with van der Waals surface area (Å²) in [5.74, 6) is -2.00. The lowest BCUT2D eigenvalue weighted by Crippen LogP contribution is -2.50. The summed E-state index contributed by atoms with van der Waals surface area (Å²) in [7, 11) is 0. The molecule has 3 atom stereocenters. The minimum absolute atomic E-state index is 0.159. The third kappa shape index (κ3) is 2.82. The minimum Gasteiger partial charge on any atom is -0.394 e. The smallest absolute Gasteiger partial charge is 0.331 e. The van der Waals surface area contributed by atoms with E-state index < -0.39 is 53.8 Å². The van der Waals surface area contributed by atoms with Crippen molar-refractivity contribution >= 4 is 5.78 Å². The van der Waals surface area contributed by atoms with E-state index in [4.69, 9.17) is 4.74 Å². The number of hydrogen-bond acceptors (Lipinski definition) is 6. The van der Waals surface area contributed by atoms with Gasteiger partial charge in [0.15, 0.2) is 0 Å². The number of hydrogen-bond donors (Lipinski definition) is 3. The van der Waals surface area contributed by atoms with E-state index in [1.165, 1.54) is 12.1 Å². The molecular weight excluding hydrogens is 335 g/mol. The Morgan fingerprint density at radius 1 is 1.36 bits per heavy atom. The first-order chi connectivity index (χ1) is 11.9. The van der Waals surface area contributed by atoms with Crippen molar-refractivity contribution in [2.45, 2.75) is 24.4 Å². The molecule has 9 heteroatoms. The van der Waals surface area contributed by atoms with Crippen LogP contribution in [0.1, 0.15) is 16.8 Å². The Balaban J connectivity index is 2.21. The van der Waals surface area contributed by atoms with Gasteiger partial charge in [-0.3, -0.25) is 19.1 Å². The highest BCUT2D eigenvalue weighted by atomic mass is 19.1. The van der Waals surface area contributed by atoms with Gasteiger partial charge in [-0.25, -0.2) is 4.79 Å². The van der Waals surface area contributed by atoms with Gasteiger partial charge in [0.05, 0.1) is 18.9 Å². The van der Waals surface area contributed by atoms with Gasteiger partial charge in [-0.1, -0.05) is 30.3 Å². The summed E-state index contributed by atoms with van der Waals surface area (Å²) in [6, 6.07) is 7.80. The SMILES string of the molecule is O=C(c1ccccc1)[C@]1(n2cc(F)c(=O)[nH]c2=O)C[C@H](O)[C@@H](CO)O1. The number of Topliss-reactive ketones (excluding diaryl/α,β-unsaturated/α-hetero) is 1. The number of H-pyrrole nitrogens is 1. The molecule has 1 aromatic carbocycles. The summed E-state index contributed by atoms with van der Waals surface area (Å²) >= 11 is 0. The van der Waals surface area contributed by atoms with E-state index in [1.54, 1.807) is 23.2 Å². The van der Waals surface area contributed by atoms with Crippen molar-refractivity contribution in [2.24, 2.45) is 0 Å². The normalized spacial score (nSPS) is 25.9. The van der Waals surface area contributed by atoms with E-state index in [9.17, 15) is 29.0 Å². The standard InChI is InChI=1S/C16H15FN2O6/c17-10-7-19(15(24)18-14(10)23)16(6-11(21)12(8-20)25-16)13(22)9-4-2-1-3-5-9/h1-5,7,11-12,20-21H,6,8H2,(H,18,23,24)/t11-,12+,16-/m0/s1. The maximum atomic E-state index is 13.7. The van der Waals surface area contributed by atoms with Crippen LogP contribution in [-0.4, -0.2) is 44.4 Å². The second-order valence-corrected chi connectivity index (χ2v) is 5.70. The fourth-order valence-corrected chi connectivity index (χ4v) is 2.89. The number of nitrogens with zero attached hydrogens (tertiary/aromatic N) is 1. The Morgan fingerprint density at radius 2 is 2.04 bits per heavy atom. The number of benzene rings is 1. The number of carbonyl (C=O) groups excluding carboxylic acids is 1. The Labute approximate surface area is 140 Å². The van der Waals surface area contributed by atoms with Gasteiger partial charge < -0.3 is 14.9 Å². The van der Waals surface area contributed by atoms with Crippen LogP contribution in [0.2, 0.25) is 0 Å². The molecule has 3 rings (SSSR count). The lowest BCUT2D eigenvalue weighted by atomic mass is 9.96. The van der Waals surface area contributed by atoms with Crippen LogP contribution in [-0.2, 0) is 10.5 Å². The molecule has 0 unspecified atom stereocenters. The van der Waals surface area contributed by atoms with E-state index in [-0.39, 0.29) is 5.56 Å². The van der Waals surface area contributed by atoms with Gasteiger partial charge in [-0.15, -0.1) is 0 Å². The molecule has 0 radical (unpaired) electrons. The number of ketones is 1. The maximum Gasteiger partial charge on any atom is 0.331 e. The molecule has 0 spiro atoms. The fourth-order valence-electron chi connectivity index (χ4n) is 2.89. The Bertz CT molecular complexity index is 909. The topological polar surface area (TPSA) is 122 Å². The van der Waals surface area contributed by atoms with Crippen molar-refractivity contribution in [1.29, 1.82) is 0 Å². The van der Waals surface area contributed by atoms with Crippen molar-refractivity contribution in [1.82, 2.24) is 9.55 Å². The monoisotopic (exact) mass is 350 g/mol. The van der Waals surface area contributed by atoms with Crippen LogP contribution >= 0.6 is 0 Å². The van der Waals surface area contributed by atoms with Crippen molar-refractivity contribution in [3.63, 3.8) is 0 Å². The molecule has 1 fully saturated rings. The van der Waals surface area contributed by atoms with Gasteiger partial charge in [0.25, 0.3) is 5.56 Å². The lowest BCUT2D eigenvalue weighted by molar-refractivity contribution is -0.0939. The quantitative estimate of drug-likeness (QED) is 0.630. The zero-order valence-corrected chi connectivity index (χ0v) is 12.9. The highest BCUT2D eigenvalue weighted by Crippen LogP contribution is 2.37. The first-order valence-electron chi connectivity index (χ1n) is 7.47. The fraction of sp³-hybridized carbons (Fsp3) is 0.312. The Morgan fingerprint density at radius 3 is 2.64 bits per heavy atom. The Hall–Kier alpha value is -2.62. The molecule has 1 aromatic heterocycles. The number of nitrogens with one attached hydrogen (secondary N) is 1. The molecular formula is C16H15FN2O6.